The van der Waals surface area contributed by atoms with Gasteiger partial charge in [0, 0.05) is 28.0 Å². The van der Waals surface area contributed by atoms with Crippen molar-refractivity contribution < 1.29 is 14.3 Å². The van der Waals surface area contributed by atoms with E-state index < -0.39 is 6.04 Å². The van der Waals surface area contributed by atoms with E-state index in [4.69, 9.17) is 4.74 Å². The lowest BCUT2D eigenvalue weighted by atomic mass is 10.0. The summed E-state index contributed by atoms with van der Waals surface area (Å²) in [7, 11) is 0. The Morgan fingerprint density at radius 2 is 1.58 bits per heavy atom. The third-order valence-electron chi connectivity index (χ3n) is 6.39. The van der Waals surface area contributed by atoms with Crippen molar-refractivity contribution in [3.8, 4) is 5.75 Å². The Morgan fingerprint density at radius 3 is 2.28 bits per heavy atom. The minimum atomic E-state index is -0.659. The molecule has 0 heterocycles. The molecule has 1 fully saturated rings. The lowest BCUT2D eigenvalue weighted by molar-refractivity contribution is -0.143. The SMILES string of the molecule is O=C(NC1CCCC1)C(Cc1ccccc1)N(Cc1cccc(Br)c1)C(=O)COc1ccc(Br)cc1. The summed E-state index contributed by atoms with van der Waals surface area (Å²) in [5.41, 5.74) is 1.94. The maximum atomic E-state index is 13.7. The number of carbonyl (C=O) groups excluding carboxylic acids is 2. The second-order valence-electron chi connectivity index (χ2n) is 9.09. The van der Waals surface area contributed by atoms with E-state index in [9.17, 15) is 9.59 Å². The van der Waals surface area contributed by atoms with Crippen LogP contribution in [0, 0.1) is 0 Å². The largest absolute Gasteiger partial charge is 0.484 e. The number of carbonyl (C=O) groups is 2. The quantitative estimate of drug-likeness (QED) is 0.292. The summed E-state index contributed by atoms with van der Waals surface area (Å²) in [5, 5.41) is 3.22. The molecule has 5 nitrogen and oxygen atoms in total. The van der Waals surface area contributed by atoms with Gasteiger partial charge in [0.05, 0.1) is 0 Å². The molecule has 2 amide bonds. The van der Waals surface area contributed by atoms with Crippen molar-refractivity contribution in [3.63, 3.8) is 0 Å². The van der Waals surface area contributed by atoms with Crippen LogP contribution in [0.15, 0.2) is 87.8 Å². The number of nitrogens with one attached hydrogen (secondary N) is 1. The van der Waals surface area contributed by atoms with Gasteiger partial charge in [0.2, 0.25) is 5.91 Å². The Balaban J connectivity index is 1.60. The van der Waals surface area contributed by atoms with Crippen molar-refractivity contribution in [2.75, 3.05) is 6.61 Å². The number of ether oxygens (including phenoxy) is 1. The Labute approximate surface area is 229 Å². The normalized spacial score (nSPS) is 14.3. The second kappa shape index (κ2) is 13.1. The smallest absolute Gasteiger partial charge is 0.261 e. The summed E-state index contributed by atoms with van der Waals surface area (Å²) < 4.78 is 7.68. The first kappa shape index (κ1) is 26.4. The maximum Gasteiger partial charge on any atom is 0.261 e. The fraction of sp³-hybridized carbons (Fsp3) is 0.310. The second-order valence-corrected chi connectivity index (χ2v) is 10.9. The highest BCUT2D eigenvalue weighted by molar-refractivity contribution is 9.10. The van der Waals surface area contributed by atoms with Crippen LogP contribution in [0.5, 0.6) is 5.75 Å². The molecule has 1 aliphatic rings. The molecule has 0 aromatic heterocycles. The molecule has 4 rings (SSSR count). The van der Waals surface area contributed by atoms with E-state index in [0.717, 1.165) is 45.8 Å². The first-order valence-electron chi connectivity index (χ1n) is 12.2. The van der Waals surface area contributed by atoms with E-state index in [1.54, 1.807) is 4.90 Å². The molecular formula is C29H30Br2N2O3. The van der Waals surface area contributed by atoms with Crippen molar-refractivity contribution in [1.29, 1.82) is 0 Å². The van der Waals surface area contributed by atoms with Gasteiger partial charge in [-0.15, -0.1) is 0 Å². The van der Waals surface area contributed by atoms with Crippen LogP contribution in [0.3, 0.4) is 0 Å². The molecular weight excluding hydrogens is 584 g/mol. The van der Waals surface area contributed by atoms with Crippen LogP contribution in [0.4, 0.5) is 0 Å². The fourth-order valence-electron chi connectivity index (χ4n) is 4.51. The highest BCUT2D eigenvalue weighted by Gasteiger charge is 2.32. The van der Waals surface area contributed by atoms with Crippen molar-refractivity contribution in [3.05, 3.63) is 98.9 Å². The highest BCUT2D eigenvalue weighted by atomic mass is 79.9. The molecule has 0 bridgehead atoms. The lowest BCUT2D eigenvalue weighted by Crippen LogP contribution is -2.53. The molecule has 188 valence electrons. The number of nitrogens with zero attached hydrogens (tertiary/aromatic N) is 1. The number of hydrogen-bond acceptors (Lipinski definition) is 3. The maximum absolute atomic E-state index is 13.7. The molecule has 7 heteroatoms. The van der Waals surface area contributed by atoms with Crippen LogP contribution in [0.1, 0.15) is 36.8 Å². The Hall–Kier alpha value is -2.64. The van der Waals surface area contributed by atoms with Crippen LogP contribution < -0.4 is 10.1 Å². The Morgan fingerprint density at radius 1 is 0.889 bits per heavy atom. The summed E-state index contributed by atoms with van der Waals surface area (Å²) in [6, 6.07) is 24.5. The molecule has 36 heavy (non-hydrogen) atoms. The Kier molecular flexibility index (Phi) is 9.59. The summed E-state index contributed by atoms with van der Waals surface area (Å²) in [5.74, 6) is 0.252. The molecule has 1 saturated carbocycles. The summed E-state index contributed by atoms with van der Waals surface area (Å²) in [4.78, 5) is 29.0. The summed E-state index contributed by atoms with van der Waals surface area (Å²) in [6.07, 6.45) is 4.63. The summed E-state index contributed by atoms with van der Waals surface area (Å²) >= 11 is 6.94. The van der Waals surface area contributed by atoms with Gasteiger partial charge in [-0.1, -0.05) is 87.2 Å². The third-order valence-corrected chi connectivity index (χ3v) is 7.41. The first-order chi connectivity index (χ1) is 17.5. The van der Waals surface area contributed by atoms with Gasteiger partial charge in [0.15, 0.2) is 6.61 Å². The van der Waals surface area contributed by atoms with E-state index >= 15 is 0 Å². The zero-order valence-corrected chi connectivity index (χ0v) is 23.2. The molecule has 1 atom stereocenters. The third kappa shape index (κ3) is 7.68. The van der Waals surface area contributed by atoms with Gasteiger partial charge in [0.1, 0.15) is 11.8 Å². The van der Waals surface area contributed by atoms with Crippen molar-refractivity contribution in [1.82, 2.24) is 10.2 Å². The number of amides is 2. The summed E-state index contributed by atoms with van der Waals surface area (Å²) in [6.45, 7) is 0.148. The predicted molar refractivity (Wildman–Crippen MR) is 149 cm³/mol. The number of hydrogen-bond donors (Lipinski definition) is 1. The van der Waals surface area contributed by atoms with E-state index in [1.165, 1.54) is 0 Å². The molecule has 1 aliphatic carbocycles. The topological polar surface area (TPSA) is 58.6 Å². The van der Waals surface area contributed by atoms with Gasteiger partial charge in [-0.3, -0.25) is 9.59 Å². The van der Waals surface area contributed by atoms with Gasteiger partial charge in [-0.25, -0.2) is 0 Å². The monoisotopic (exact) mass is 612 g/mol. The Bertz CT molecular complexity index is 1150. The average Bonchev–Trinajstić information content (AvgIpc) is 3.39. The number of rotatable bonds is 10. The molecule has 3 aromatic carbocycles. The van der Waals surface area contributed by atoms with E-state index in [-0.39, 0.29) is 24.5 Å². The standard InChI is InChI=1S/C29H30Br2N2O3/c30-23-13-15-26(16-14-23)36-20-28(34)33(19-22-9-6-10-24(31)17-22)27(18-21-7-2-1-3-8-21)29(35)32-25-11-4-5-12-25/h1-3,6-10,13-17,25,27H,4-5,11-12,18-20H2,(H,32,35). The van der Waals surface area contributed by atoms with E-state index in [2.05, 4.69) is 37.2 Å². The van der Waals surface area contributed by atoms with Crippen LogP contribution in [0.25, 0.3) is 0 Å². The molecule has 0 aliphatic heterocycles. The van der Waals surface area contributed by atoms with Crippen LogP contribution in [-0.4, -0.2) is 35.4 Å². The lowest BCUT2D eigenvalue weighted by Gasteiger charge is -2.32. The van der Waals surface area contributed by atoms with Gasteiger partial charge >= 0.3 is 0 Å². The number of halogens is 2. The molecule has 0 radical (unpaired) electrons. The zero-order chi connectivity index (χ0) is 25.3. The zero-order valence-electron chi connectivity index (χ0n) is 20.0. The molecule has 1 N–H and O–H groups in total. The van der Waals surface area contributed by atoms with Gasteiger partial charge in [-0.05, 0) is 60.4 Å². The predicted octanol–water partition coefficient (Wildman–Crippen LogP) is 6.29. The average molecular weight is 614 g/mol. The number of benzene rings is 3. The van der Waals surface area contributed by atoms with Gasteiger partial charge < -0.3 is 15.0 Å². The minimum Gasteiger partial charge on any atom is -0.484 e. The van der Waals surface area contributed by atoms with Gasteiger partial charge in [0.25, 0.3) is 5.91 Å². The van der Waals surface area contributed by atoms with Crippen LogP contribution >= 0.6 is 31.9 Å². The fourth-order valence-corrected chi connectivity index (χ4v) is 5.22. The van der Waals surface area contributed by atoms with E-state index in [0.29, 0.717) is 18.7 Å². The molecule has 1 unspecified atom stereocenters. The van der Waals surface area contributed by atoms with Crippen molar-refractivity contribution in [2.24, 2.45) is 0 Å². The molecule has 3 aromatic rings. The van der Waals surface area contributed by atoms with Crippen LogP contribution in [0.2, 0.25) is 0 Å². The first-order valence-corrected chi connectivity index (χ1v) is 13.8. The van der Waals surface area contributed by atoms with Crippen molar-refractivity contribution in [2.45, 2.75) is 50.7 Å². The molecule has 0 saturated heterocycles. The van der Waals surface area contributed by atoms with E-state index in [1.807, 2.05) is 78.9 Å². The highest BCUT2D eigenvalue weighted by Crippen LogP contribution is 2.22. The van der Waals surface area contributed by atoms with Gasteiger partial charge in [-0.2, -0.15) is 0 Å². The van der Waals surface area contributed by atoms with Crippen molar-refractivity contribution >= 4 is 43.7 Å². The molecule has 0 spiro atoms. The van der Waals surface area contributed by atoms with Crippen LogP contribution in [-0.2, 0) is 22.6 Å². The minimum absolute atomic E-state index is 0.113.